The van der Waals surface area contributed by atoms with E-state index in [4.69, 9.17) is 9.47 Å². The van der Waals surface area contributed by atoms with Gasteiger partial charge in [0.15, 0.2) is 0 Å². The van der Waals surface area contributed by atoms with E-state index in [0.29, 0.717) is 30.3 Å². The number of hydrogen-bond acceptors (Lipinski definition) is 3. The fraction of sp³-hybridized carbons (Fsp3) is 0.211. The predicted molar refractivity (Wildman–Crippen MR) is 88.7 cm³/mol. The number of allylic oxidation sites excluding steroid dienone is 1. The quantitative estimate of drug-likeness (QED) is 0.574. The molecule has 118 valence electrons. The van der Waals surface area contributed by atoms with Gasteiger partial charge in [-0.3, -0.25) is 0 Å². The van der Waals surface area contributed by atoms with Crippen LogP contribution in [-0.2, 0) is 0 Å². The van der Waals surface area contributed by atoms with Gasteiger partial charge in [0, 0.05) is 17.2 Å². The van der Waals surface area contributed by atoms with Crippen molar-refractivity contribution in [2.45, 2.75) is 13.8 Å². The number of nitrogens with zero attached hydrogens (tertiary/aromatic N) is 1. The Hall–Kier alpha value is -2.80. The lowest BCUT2D eigenvalue weighted by Gasteiger charge is -2.11. The van der Waals surface area contributed by atoms with Crippen molar-refractivity contribution in [2.24, 2.45) is 0 Å². The Labute approximate surface area is 135 Å². The summed E-state index contributed by atoms with van der Waals surface area (Å²) in [5.41, 5.74) is 1.22. The molecule has 0 spiro atoms. The van der Waals surface area contributed by atoms with Gasteiger partial charge < -0.3 is 9.47 Å². The van der Waals surface area contributed by atoms with Crippen LogP contribution >= 0.6 is 0 Å². The van der Waals surface area contributed by atoms with Crippen LogP contribution in [0.2, 0.25) is 0 Å². The molecule has 0 bridgehead atoms. The first-order valence-electron chi connectivity index (χ1n) is 7.46. The van der Waals surface area contributed by atoms with E-state index in [1.807, 2.05) is 13.8 Å². The third-order valence-corrected chi connectivity index (χ3v) is 3.18. The molecule has 4 heteroatoms. The SMILES string of the molecule is CCOc1ccc(/C=C(/C#N)c2ccccc2F)c(OCC)c1. The Bertz CT molecular complexity index is 747. The summed E-state index contributed by atoms with van der Waals surface area (Å²) in [5.74, 6) is 0.865. The van der Waals surface area contributed by atoms with Gasteiger partial charge in [-0.1, -0.05) is 18.2 Å². The fourth-order valence-electron chi connectivity index (χ4n) is 2.18. The molecule has 0 aromatic heterocycles. The number of rotatable bonds is 6. The van der Waals surface area contributed by atoms with Crippen molar-refractivity contribution < 1.29 is 13.9 Å². The normalized spacial score (nSPS) is 11.0. The minimum atomic E-state index is -0.427. The fourth-order valence-corrected chi connectivity index (χ4v) is 2.18. The average molecular weight is 311 g/mol. The van der Waals surface area contributed by atoms with Crippen molar-refractivity contribution in [3.05, 3.63) is 59.4 Å². The Kier molecular flexibility index (Phi) is 5.76. The number of benzene rings is 2. The molecule has 0 radical (unpaired) electrons. The van der Waals surface area contributed by atoms with Crippen LogP contribution in [0, 0.1) is 17.1 Å². The number of halogens is 1. The van der Waals surface area contributed by atoms with Crippen LogP contribution in [0.1, 0.15) is 25.0 Å². The zero-order chi connectivity index (χ0) is 16.7. The number of hydrogen-bond donors (Lipinski definition) is 0. The molecule has 0 unspecified atom stereocenters. The summed E-state index contributed by atoms with van der Waals surface area (Å²) in [7, 11) is 0. The van der Waals surface area contributed by atoms with Crippen LogP contribution < -0.4 is 9.47 Å². The summed E-state index contributed by atoms with van der Waals surface area (Å²) in [4.78, 5) is 0. The Balaban J connectivity index is 2.47. The van der Waals surface area contributed by atoms with Crippen molar-refractivity contribution >= 4 is 11.6 Å². The van der Waals surface area contributed by atoms with Gasteiger partial charge in [0.2, 0.25) is 0 Å². The summed E-state index contributed by atoms with van der Waals surface area (Å²) < 4.78 is 25.0. The van der Waals surface area contributed by atoms with E-state index >= 15 is 0 Å². The van der Waals surface area contributed by atoms with E-state index in [1.165, 1.54) is 6.07 Å². The van der Waals surface area contributed by atoms with E-state index in [-0.39, 0.29) is 11.1 Å². The lowest BCUT2D eigenvalue weighted by molar-refractivity contribution is 0.322. The van der Waals surface area contributed by atoms with Crippen LogP contribution in [0.15, 0.2) is 42.5 Å². The highest BCUT2D eigenvalue weighted by Crippen LogP contribution is 2.29. The molecule has 2 aromatic carbocycles. The third-order valence-electron chi connectivity index (χ3n) is 3.18. The highest BCUT2D eigenvalue weighted by atomic mass is 19.1. The van der Waals surface area contributed by atoms with Crippen molar-refractivity contribution in [3.8, 4) is 17.6 Å². The van der Waals surface area contributed by atoms with Crippen LogP contribution in [0.4, 0.5) is 4.39 Å². The van der Waals surface area contributed by atoms with Crippen molar-refractivity contribution in [1.29, 1.82) is 5.26 Å². The molecule has 0 heterocycles. The van der Waals surface area contributed by atoms with E-state index in [2.05, 4.69) is 6.07 Å². The van der Waals surface area contributed by atoms with Crippen molar-refractivity contribution in [1.82, 2.24) is 0 Å². The van der Waals surface area contributed by atoms with Crippen LogP contribution in [0.25, 0.3) is 11.6 Å². The van der Waals surface area contributed by atoms with Gasteiger partial charge in [0.25, 0.3) is 0 Å². The highest BCUT2D eigenvalue weighted by molar-refractivity contribution is 5.90. The van der Waals surface area contributed by atoms with E-state index in [0.717, 1.165) is 0 Å². The highest BCUT2D eigenvalue weighted by Gasteiger charge is 2.10. The minimum Gasteiger partial charge on any atom is -0.494 e. The maximum atomic E-state index is 13.9. The maximum absolute atomic E-state index is 13.9. The third kappa shape index (κ3) is 4.10. The molecule has 23 heavy (non-hydrogen) atoms. The summed E-state index contributed by atoms with van der Waals surface area (Å²) in [5, 5.41) is 9.37. The van der Waals surface area contributed by atoms with Gasteiger partial charge >= 0.3 is 0 Å². The summed E-state index contributed by atoms with van der Waals surface area (Å²) in [6.07, 6.45) is 1.62. The zero-order valence-electron chi connectivity index (χ0n) is 13.2. The number of nitriles is 1. The van der Waals surface area contributed by atoms with Crippen LogP contribution in [-0.4, -0.2) is 13.2 Å². The summed E-state index contributed by atoms with van der Waals surface area (Å²) in [6.45, 7) is 4.82. The lowest BCUT2D eigenvalue weighted by Crippen LogP contribution is -1.97. The first-order chi connectivity index (χ1) is 11.2. The Morgan fingerprint density at radius 2 is 1.87 bits per heavy atom. The molecular weight excluding hydrogens is 293 g/mol. The average Bonchev–Trinajstić information content (AvgIpc) is 2.56. The monoisotopic (exact) mass is 311 g/mol. The number of ether oxygens (including phenoxy) is 2. The Morgan fingerprint density at radius 3 is 2.52 bits per heavy atom. The smallest absolute Gasteiger partial charge is 0.131 e. The molecule has 2 aromatic rings. The molecule has 0 aliphatic heterocycles. The maximum Gasteiger partial charge on any atom is 0.131 e. The Morgan fingerprint density at radius 1 is 1.13 bits per heavy atom. The molecule has 0 saturated heterocycles. The van der Waals surface area contributed by atoms with E-state index < -0.39 is 5.82 Å². The van der Waals surface area contributed by atoms with E-state index in [9.17, 15) is 9.65 Å². The molecule has 0 amide bonds. The van der Waals surface area contributed by atoms with Gasteiger partial charge in [-0.15, -0.1) is 0 Å². The summed E-state index contributed by atoms with van der Waals surface area (Å²) >= 11 is 0. The molecule has 2 rings (SSSR count). The molecule has 0 fully saturated rings. The van der Waals surface area contributed by atoms with Crippen molar-refractivity contribution in [2.75, 3.05) is 13.2 Å². The first kappa shape index (κ1) is 16.6. The second kappa shape index (κ2) is 8.00. The van der Waals surface area contributed by atoms with Gasteiger partial charge in [0.05, 0.1) is 24.9 Å². The van der Waals surface area contributed by atoms with Gasteiger partial charge in [-0.2, -0.15) is 5.26 Å². The van der Waals surface area contributed by atoms with Crippen molar-refractivity contribution in [3.63, 3.8) is 0 Å². The zero-order valence-corrected chi connectivity index (χ0v) is 13.2. The second-order valence-corrected chi connectivity index (χ2v) is 4.72. The van der Waals surface area contributed by atoms with Gasteiger partial charge in [-0.25, -0.2) is 4.39 Å². The first-order valence-corrected chi connectivity index (χ1v) is 7.46. The lowest BCUT2D eigenvalue weighted by atomic mass is 10.0. The second-order valence-electron chi connectivity index (χ2n) is 4.72. The largest absolute Gasteiger partial charge is 0.494 e. The summed E-state index contributed by atoms with van der Waals surface area (Å²) in [6, 6.07) is 13.6. The minimum absolute atomic E-state index is 0.244. The van der Waals surface area contributed by atoms with Gasteiger partial charge in [0.1, 0.15) is 17.3 Å². The molecule has 0 atom stereocenters. The molecule has 0 aliphatic rings. The topological polar surface area (TPSA) is 42.2 Å². The van der Waals surface area contributed by atoms with E-state index in [1.54, 1.807) is 42.5 Å². The molecule has 0 saturated carbocycles. The molecule has 0 aliphatic carbocycles. The molecule has 0 N–H and O–H groups in total. The standard InChI is InChI=1S/C19H18FNO2/c1-3-22-16-10-9-14(19(12-16)23-4-2)11-15(13-21)17-7-5-6-8-18(17)20/h5-12H,3-4H2,1-2H3/b15-11-. The van der Waals surface area contributed by atoms with Crippen LogP contribution in [0.3, 0.4) is 0 Å². The molecular formula is C19H18FNO2. The van der Waals surface area contributed by atoms with Crippen LogP contribution in [0.5, 0.6) is 11.5 Å². The van der Waals surface area contributed by atoms with Gasteiger partial charge in [-0.05, 0) is 38.1 Å². The molecule has 3 nitrogen and oxygen atoms in total. The predicted octanol–water partition coefficient (Wildman–Crippen LogP) is 4.69.